The van der Waals surface area contributed by atoms with Gasteiger partial charge in [0.25, 0.3) is 5.56 Å². The largest absolute Gasteiger partial charge is 0.497 e. The Labute approximate surface area is 165 Å². The first kappa shape index (κ1) is 20.2. The molecule has 0 bridgehead atoms. The number of aromatic nitrogens is 2. The Morgan fingerprint density at radius 3 is 2.68 bits per heavy atom. The molecule has 1 N–H and O–H groups in total. The molecule has 150 valence electrons. The van der Waals surface area contributed by atoms with Crippen molar-refractivity contribution in [3.63, 3.8) is 0 Å². The zero-order valence-corrected chi connectivity index (χ0v) is 16.7. The summed E-state index contributed by atoms with van der Waals surface area (Å²) in [6.07, 6.45) is 1.07. The van der Waals surface area contributed by atoms with E-state index in [1.54, 1.807) is 25.8 Å². The van der Waals surface area contributed by atoms with Gasteiger partial charge in [-0.3, -0.25) is 19.1 Å². The summed E-state index contributed by atoms with van der Waals surface area (Å²) in [5, 5.41) is -0.0446. The average Bonchev–Trinajstić information content (AvgIpc) is 3.06. The third-order valence-corrected chi connectivity index (χ3v) is 5.78. The number of methoxy groups -OCH3 is 1. The lowest BCUT2D eigenvalue weighted by atomic mass is 10.2. The molecule has 3 rings (SSSR count). The third-order valence-electron chi connectivity index (χ3n) is 4.43. The highest BCUT2D eigenvalue weighted by atomic mass is 32.2. The molecule has 2 aromatic rings. The van der Waals surface area contributed by atoms with Crippen molar-refractivity contribution >= 4 is 17.7 Å². The molecular formula is C19H22N2O6S. The molecule has 1 aromatic carbocycles. The maximum absolute atomic E-state index is 12.2. The first-order valence-electron chi connectivity index (χ1n) is 8.79. The first-order valence-corrected chi connectivity index (χ1v) is 9.67. The van der Waals surface area contributed by atoms with Crippen molar-refractivity contribution in [2.45, 2.75) is 42.7 Å². The van der Waals surface area contributed by atoms with E-state index in [9.17, 15) is 14.4 Å². The number of thioether (sulfide) groups is 1. The molecule has 8 nitrogen and oxygen atoms in total. The van der Waals surface area contributed by atoms with Crippen LogP contribution in [-0.2, 0) is 14.3 Å². The second-order valence-electron chi connectivity index (χ2n) is 6.48. The summed E-state index contributed by atoms with van der Waals surface area (Å²) in [5.41, 5.74) is -0.521. The molecule has 28 heavy (non-hydrogen) atoms. The van der Waals surface area contributed by atoms with Gasteiger partial charge in [-0.15, -0.1) is 11.8 Å². The number of aromatic amines is 1. The van der Waals surface area contributed by atoms with Crippen molar-refractivity contribution in [1.82, 2.24) is 9.55 Å². The van der Waals surface area contributed by atoms with Gasteiger partial charge in [-0.25, -0.2) is 4.79 Å². The highest BCUT2D eigenvalue weighted by molar-refractivity contribution is 8.00. The van der Waals surface area contributed by atoms with E-state index in [4.69, 9.17) is 14.2 Å². The number of esters is 1. The summed E-state index contributed by atoms with van der Waals surface area (Å²) in [6, 6.07) is 7.62. The second-order valence-corrected chi connectivity index (χ2v) is 7.79. The first-order chi connectivity index (χ1) is 13.4. The number of nitrogens with zero attached hydrogens (tertiary/aromatic N) is 1. The van der Waals surface area contributed by atoms with Gasteiger partial charge in [0, 0.05) is 35.3 Å². The van der Waals surface area contributed by atoms with Crippen molar-refractivity contribution in [3.8, 4) is 5.75 Å². The molecule has 9 heteroatoms. The molecule has 1 saturated heterocycles. The molecule has 1 aromatic heterocycles. The number of benzene rings is 1. The summed E-state index contributed by atoms with van der Waals surface area (Å²) < 4.78 is 17.7. The minimum atomic E-state index is -0.556. The van der Waals surface area contributed by atoms with Crippen molar-refractivity contribution in [2.75, 3.05) is 13.7 Å². The van der Waals surface area contributed by atoms with Crippen LogP contribution in [0, 0.1) is 6.92 Å². The van der Waals surface area contributed by atoms with Gasteiger partial charge in [-0.05, 0) is 31.2 Å². The van der Waals surface area contributed by atoms with Gasteiger partial charge in [0.1, 0.15) is 24.7 Å². The molecule has 1 fully saturated rings. The van der Waals surface area contributed by atoms with Gasteiger partial charge in [0.2, 0.25) is 0 Å². The van der Waals surface area contributed by atoms with Crippen LogP contribution >= 0.6 is 11.8 Å². The molecule has 0 unspecified atom stereocenters. The lowest BCUT2D eigenvalue weighted by molar-refractivity contribution is -0.145. The van der Waals surface area contributed by atoms with E-state index >= 15 is 0 Å². The van der Waals surface area contributed by atoms with E-state index in [0.29, 0.717) is 12.0 Å². The van der Waals surface area contributed by atoms with Crippen LogP contribution in [-0.4, -0.2) is 40.6 Å². The van der Waals surface area contributed by atoms with Crippen LogP contribution in [0.5, 0.6) is 5.75 Å². The number of carbonyl (C=O) groups excluding carboxylic acids is 1. The van der Waals surface area contributed by atoms with Gasteiger partial charge in [-0.2, -0.15) is 0 Å². The Bertz CT molecular complexity index is 952. The molecule has 3 atom stereocenters. The maximum atomic E-state index is 12.2. The number of hydrogen-bond acceptors (Lipinski definition) is 7. The molecule has 0 saturated carbocycles. The summed E-state index contributed by atoms with van der Waals surface area (Å²) >= 11 is 1.58. The number of nitrogens with one attached hydrogen (secondary N) is 1. The standard InChI is InChI=1S/C19H22N2O6S/c1-11-9-21(19(24)20-18(11)23)17-8-16(15(27-17)10-26-12(2)22)28-14-6-4-13(25-3)5-7-14/h4-7,9,15-17H,8,10H2,1-3H3,(H,20,23,24)/t15-,16+,17-/m1/s1. The zero-order valence-electron chi connectivity index (χ0n) is 15.8. The maximum Gasteiger partial charge on any atom is 0.330 e. The van der Waals surface area contributed by atoms with Crippen LogP contribution < -0.4 is 16.0 Å². The number of carbonyl (C=O) groups is 1. The van der Waals surface area contributed by atoms with Crippen LogP contribution in [0.3, 0.4) is 0 Å². The van der Waals surface area contributed by atoms with Gasteiger partial charge in [0.05, 0.1) is 7.11 Å². The summed E-state index contributed by atoms with van der Waals surface area (Å²) in [4.78, 5) is 38.4. The smallest absolute Gasteiger partial charge is 0.330 e. The van der Waals surface area contributed by atoms with E-state index in [1.807, 2.05) is 24.3 Å². The van der Waals surface area contributed by atoms with E-state index in [1.165, 1.54) is 17.7 Å². The topological polar surface area (TPSA) is 99.6 Å². The fourth-order valence-electron chi connectivity index (χ4n) is 2.97. The third kappa shape index (κ3) is 4.66. The summed E-state index contributed by atoms with van der Waals surface area (Å²) in [7, 11) is 1.61. The quantitative estimate of drug-likeness (QED) is 0.731. The van der Waals surface area contributed by atoms with E-state index in [0.717, 1.165) is 10.6 Å². The number of aryl methyl sites for hydroxylation is 1. The van der Waals surface area contributed by atoms with Crippen LogP contribution in [0.2, 0.25) is 0 Å². The van der Waals surface area contributed by atoms with Crippen molar-refractivity contribution in [2.24, 2.45) is 0 Å². The minimum Gasteiger partial charge on any atom is -0.497 e. The van der Waals surface area contributed by atoms with Gasteiger partial charge >= 0.3 is 11.7 Å². The SMILES string of the molecule is COc1ccc(S[C@H]2C[C@H](n3cc(C)c(=O)[nH]c3=O)O[C@@H]2COC(C)=O)cc1. The fourth-order valence-corrected chi connectivity index (χ4v) is 4.17. The van der Waals surface area contributed by atoms with E-state index in [-0.39, 0.29) is 18.0 Å². The van der Waals surface area contributed by atoms with Gasteiger partial charge in [0.15, 0.2) is 0 Å². The number of H-pyrrole nitrogens is 1. The predicted octanol–water partition coefficient (Wildman–Crippen LogP) is 1.87. The van der Waals surface area contributed by atoms with Gasteiger partial charge in [-0.1, -0.05) is 0 Å². The highest BCUT2D eigenvalue weighted by Crippen LogP contribution is 2.39. The molecule has 2 heterocycles. The Hall–Kier alpha value is -2.52. The van der Waals surface area contributed by atoms with Crippen molar-refractivity contribution < 1.29 is 19.0 Å². The normalized spacial score (nSPS) is 21.5. The Morgan fingerprint density at radius 2 is 2.04 bits per heavy atom. The Balaban J connectivity index is 1.82. The van der Waals surface area contributed by atoms with Crippen LogP contribution in [0.15, 0.2) is 44.9 Å². The van der Waals surface area contributed by atoms with Crippen LogP contribution in [0.25, 0.3) is 0 Å². The summed E-state index contributed by atoms with van der Waals surface area (Å²) in [6.45, 7) is 3.06. The van der Waals surface area contributed by atoms with Crippen LogP contribution in [0.1, 0.15) is 25.1 Å². The highest BCUT2D eigenvalue weighted by Gasteiger charge is 2.38. The van der Waals surface area contributed by atoms with Crippen LogP contribution in [0.4, 0.5) is 0 Å². The monoisotopic (exact) mass is 406 g/mol. The molecule has 0 aliphatic carbocycles. The van der Waals surface area contributed by atoms with Crippen molar-refractivity contribution in [1.29, 1.82) is 0 Å². The molecule has 0 radical (unpaired) electrons. The lowest BCUT2D eigenvalue weighted by Gasteiger charge is -2.18. The summed E-state index contributed by atoms with van der Waals surface area (Å²) in [5.74, 6) is 0.369. The van der Waals surface area contributed by atoms with Gasteiger partial charge < -0.3 is 14.2 Å². The molecule has 0 spiro atoms. The average molecular weight is 406 g/mol. The number of ether oxygens (including phenoxy) is 3. The molecule has 1 aliphatic rings. The number of hydrogen-bond donors (Lipinski definition) is 1. The van der Waals surface area contributed by atoms with Crippen molar-refractivity contribution in [3.05, 3.63) is 56.9 Å². The molecule has 1 aliphatic heterocycles. The second kappa shape index (κ2) is 8.66. The van der Waals surface area contributed by atoms with E-state index < -0.39 is 23.4 Å². The fraction of sp³-hybridized carbons (Fsp3) is 0.421. The minimum absolute atomic E-state index is 0.0446. The Kier molecular flexibility index (Phi) is 6.25. The van der Waals surface area contributed by atoms with E-state index in [2.05, 4.69) is 4.98 Å². The molecular weight excluding hydrogens is 384 g/mol. The Morgan fingerprint density at radius 1 is 1.32 bits per heavy atom. The lowest BCUT2D eigenvalue weighted by Crippen LogP contribution is -2.33. The molecule has 0 amide bonds. The zero-order chi connectivity index (χ0) is 20.3. The number of rotatable bonds is 6. The predicted molar refractivity (Wildman–Crippen MR) is 104 cm³/mol.